The van der Waals surface area contributed by atoms with Gasteiger partial charge in [-0.15, -0.1) is 5.01 Å². The van der Waals surface area contributed by atoms with Crippen molar-refractivity contribution in [2.24, 2.45) is 5.84 Å². The van der Waals surface area contributed by atoms with Crippen LogP contribution in [0.1, 0.15) is 40.5 Å². The summed E-state index contributed by atoms with van der Waals surface area (Å²) in [5, 5.41) is 1.11. The van der Waals surface area contributed by atoms with Crippen LogP contribution in [0.15, 0.2) is 16.6 Å². The molecule has 0 aliphatic heterocycles. The van der Waals surface area contributed by atoms with Gasteiger partial charge in [0.1, 0.15) is 11.4 Å². The molecule has 3 amide bonds. The maximum Gasteiger partial charge on any atom is 0.436 e. The Morgan fingerprint density at radius 1 is 1.32 bits per heavy atom. The van der Waals surface area contributed by atoms with E-state index in [9.17, 15) is 14.0 Å². The molecule has 0 unspecified atom stereocenters. The molecule has 0 aromatic heterocycles. The number of nitrogens with two attached hydrogens (primary N) is 1. The van der Waals surface area contributed by atoms with Crippen LogP contribution in [0.5, 0.6) is 5.75 Å². The number of anilines is 1. The largest absolute Gasteiger partial charge is 0.494 e. The van der Waals surface area contributed by atoms with Gasteiger partial charge in [0.15, 0.2) is 11.5 Å². The number of benzene rings is 1. The van der Waals surface area contributed by atoms with Gasteiger partial charge >= 0.3 is 12.1 Å². The Morgan fingerprint density at radius 2 is 1.96 bits per heavy atom. The number of hydroxylamine groups is 1. The van der Waals surface area contributed by atoms with Crippen LogP contribution in [0.3, 0.4) is 0 Å². The number of carbonyl (C=O) groups excluding carboxylic acids is 2. The molecule has 28 heavy (non-hydrogen) atoms. The lowest BCUT2D eigenvalue weighted by Gasteiger charge is -2.34. The Kier molecular flexibility index (Phi) is 8.92. The van der Waals surface area contributed by atoms with E-state index in [1.54, 1.807) is 20.8 Å². The van der Waals surface area contributed by atoms with Gasteiger partial charge in [-0.05, 0) is 55.3 Å². The molecule has 0 fully saturated rings. The van der Waals surface area contributed by atoms with Gasteiger partial charge in [0, 0.05) is 0 Å². The van der Waals surface area contributed by atoms with Crippen molar-refractivity contribution in [1.29, 1.82) is 0 Å². The summed E-state index contributed by atoms with van der Waals surface area (Å²) in [5.74, 6) is 4.34. The molecular formula is C17H26BrFN4O5. The summed E-state index contributed by atoms with van der Waals surface area (Å²) in [6.45, 7) is 6.87. The monoisotopic (exact) mass is 464 g/mol. The van der Waals surface area contributed by atoms with E-state index in [1.807, 2.05) is 12.3 Å². The molecule has 0 bridgehead atoms. The van der Waals surface area contributed by atoms with Crippen LogP contribution in [0, 0.1) is 5.82 Å². The number of methoxy groups -OCH3 is 1. The lowest BCUT2D eigenvalue weighted by Crippen LogP contribution is -2.56. The second-order valence-electron chi connectivity index (χ2n) is 6.61. The topological polar surface area (TPSA) is 106 Å². The molecule has 0 saturated heterocycles. The first kappa shape index (κ1) is 23.9. The maximum absolute atomic E-state index is 15.0. The van der Waals surface area contributed by atoms with E-state index in [1.165, 1.54) is 19.2 Å². The quantitative estimate of drug-likeness (QED) is 0.286. The summed E-state index contributed by atoms with van der Waals surface area (Å²) in [6, 6.07) is 1.81. The normalized spacial score (nSPS) is 11.0. The predicted molar refractivity (Wildman–Crippen MR) is 105 cm³/mol. The van der Waals surface area contributed by atoms with E-state index in [-0.39, 0.29) is 22.5 Å². The van der Waals surface area contributed by atoms with E-state index in [0.717, 1.165) is 6.42 Å². The third-order valence-electron chi connectivity index (χ3n) is 3.22. The fourth-order valence-corrected chi connectivity index (χ4v) is 2.32. The molecule has 3 N–H and O–H groups in total. The Morgan fingerprint density at radius 3 is 2.46 bits per heavy atom. The number of amides is 3. The molecule has 1 aromatic rings. The molecule has 0 heterocycles. The van der Waals surface area contributed by atoms with Gasteiger partial charge in [0.05, 0.1) is 18.2 Å². The fraction of sp³-hybridized carbons (Fsp3) is 0.529. The summed E-state index contributed by atoms with van der Waals surface area (Å²) in [5.41, 5.74) is 0.555. The highest BCUT2D eigenvalue weighted by Gasteiger charge is 2.37. The zero-order valence-electron chi connectivity index (χ0n) is 16.5. The van der Waals surface area contributed by atoms with Crippen molar-refractivity contribution < 1.29 is 28.3 Å². The van der Waals surface area contributed by atoms with Crippen molar-refractivity contribution in [2.45, 2.75) is 46.1 Å². The summed E-state index contributed by atoms with van der Waals surface area (Å²) in [4.78, 5) is 30.6. The summed E-state index contributed by atoms with van der Waals surface area (Å²) in [7, 11) is 1.30. The highest BCUT2D eigenvalue weighted by Crippen LogP contribution is 2.37. The molecule has 11 heteroatoms. The van der Waals surface area contributed by atoms with Crippen LogP contribution in [0.25, 0.3) is 0 Å². The number of hydrogen-bond acceptors (Lipinski definition) is 6. The number of carbonyl (C=O) groups is 2. The molecule has 1 aromatic carbocycles. The van der Waals surface area contributed by atoms with Crippen molar-refractivity contribution in [1.82, 2.24) is 10.6 Å². The van der Waals surface area contributed by atoms with E-state index in [0.29, 0.717) is 16.6 Å². The molecular weight excluding hydrogens is 439 g/mol. The van der Waals surface area contributed by atoms with E-state index in [4.69, 9.17) is 20.2 Å². The molecule has 1 rings (SSSR count). The Labute approximate surface area is 171 Å². The lowest BCUT2D eigenvalue weighted by atomic mass is 10.2. The molecule has 9 nitrogen and oxygen atoms in total. The van der Waals surface area contributed by atoms with Crippen LogP contribution in [0.2, 0.25) is 0 Å². The Bertz CT molecular complexity index is 699. The number of ether oxygens (including phenoxy) is 2. The number of hydrazine groups is 2. The van der Waals surface area contributed by atoms with Gasteiger partial charge in [0.25, 0.3) is 0 Å². The van der Waals surface area contributed by atoms with E-state index >= 15 is 0 Å². The molecule has 0 atom stereocenters. The Balaban J connectivity index is 3.57. The van der Waals surface area contributed by atoms with Crippen molar-refractivity contribution in [3.8, 4) is 5.75 Å². The number of hydrogen-bond donors (Lipinski definition) is 2. The molecule has 0 aliphatic rings. The van der Waals surface area contributed by atoms with Crippen LogP contribution in [-0.2, 0) is 9.57 Å². The first-order valence-electron chi connectivity index (χ1n) is 8.56. The first-order chi connectivity index (χ1) is 13.1. The van der Waals surface area contributed by atoms with Gasteiger partial charge in [-0.1, -0.05) is 18.5 Å². The van der Waals surface area contributed by atoms with Gasteiger partial charge < -0.3 is 9.47 Å². The van der Waals surface area contributed by atoms with E-state index in [2.05, 4.69) is 15.9 Å². The van der Waals surface area contributed by atoms with Gasteiger partial charge in [-0.2, -0.15) is 0 Å². The number of nitrogens with one attached hydrogen (secondary N) is 1. The number of urea groups is 1. The van der Waals surface area contributed by atoms with Crippen LogP contribution >= 0.6 is 15.9 Å². The smallest absolute Gasteiger partial charge is 0.436 e. The third-order valence-corrected chi connectivity index (χ3v) is 3.83. The Hall–Kier alpha value is -2.11. The zero-order valence-corrected chi connectivity index (χ0v) is 18.1. The lowest BCUT2D eigenvalue weighted by molar-refractivity contribution is -0.126. The number of rotatable bonds is 6. The maximum atomic E-state index is 15.0. The predicted octanol–water partition coefficient (Wildman–Crippen LogP) is 3.87. The minimum absolute atomic E-state index is 0.0273. The third kappa shape index (κ3) is 6.21. The number of unbranched alkanes of at least 4 members (excludes halogenated alkanes) is 1. The van der Waals surface area contributed by atoms with Gasteiger partial charge in [-0.25, -0.2) is 24.7 Å². The average Bonchev–Trinajstić information content (AvgIpc) is 2.62. The van der Waals surface area contributed by atoms with Crippen LogP contribution in [-0.4, -0.2) is 36.6 Å². The van der Waals surface area contributed by atoms with E-state index < -0.39 is 23.5 Å². The second-order valence-corrected chi connectivity index (χ2v) is 7.47. The second kappa shape index (κ2) is 10.4. The highest BCUT2D eigenvalue weighted by molar-refractivity contribution is 9.10. The minimum atomic E-state index is -1.07. The molecule has 0 radical (unpaired) electrons. The molecule has 0 spiro atoms. The number of nitrogens with zero attached hydrogens (tertiary/aromatic N) is 2. The molecule has 0 aliphatic carbocycles. The van der Waals surface area contributed by atoms with Crippen molar-refractivity contribution >= 4 is 33.7 Å². The SMILES string of the molecule is CCCCON(C(=O)NN)N(C(=O)OC(C)(C)C)c1c(OC)ccc(Br)c1F. The molecule has 0 saturated carbocycles. The number of halogens is 2. The summed E-state index contributed by atoms with van der Waals surface area (Å²) >= 11 is 3.06. The standard InChI is InChI=1S/C17H26BrFN4O5/c1-6-7-10-27-23(15(24)21-20)22(16(25)28-17(2,3)4)14-12(26-5)9-8-11(18)13(14)19/h8-9H,6-7,10,20H2,1-5H3,(H,21,24). The van der Waals surface area contributed by atoms with Crippen molar-refractivity contribution in [3.63, 3.8) is 0 Å². The first-order valence-corrected chi connectivity index (χ1v) is 9.35. The van der Waals surface area contributed by atoms with Gasteiger partial charge in [0.2, 0.25) is 0 Å². The summed E-state index contributed by atoms with van der Waals surface area (Å²) < 4.78 is 25.5. The van der Waals surface area contributed by atoms with Crippen LogP contribution in [0.4, 0.5) is 19.7 Å². The molecule has 158 valence electrons. The zero-order chi connectivity index (χ0) is 21.5. The highest BCUT2D eigenvalue weighted by atomic mass is 79.9. The van der Waals surface area contributed by atoms with Crippen LogP contribution < -0.4 is 21.0 Å². The fourth-order valence-electron chi connectivity index (χ4n) is 2.00. The van der Waals surface area contributed by atoms with Crippen molar-refractivity contribution in [2.75, 3.05) is 18.7 Å². The average molecular weight is 465 g/mol. The summed E-state index contributed by atoms with van der Waals surface area (Å²) in [6.07, 6.45) is 0.274. The van der Waals surface area contributed by atoms with Crippen molar-refractivity contribution in [3.05, 3.63) is 22.4 Å². The minimum Gasteiger partial charge on any atom is -0.494 e. The van der Waals surface area contributed by atoms with Gasteiger partial charge in [-0.3, -0.25) is 5.43 Å².